The Bertz CT molecular complexity index is 1280. The van der Waals surface area contributed by atoms with Gasteiger partial charge in [-0.2, -0.15) is 0 Å². The Morgan fingerprint density at radius 1 is 1.21 bits per heavy atom. The second kappa shape index (κ2) is 9.20. The van der Waals surface area contributed by atoms with E-state index in [9.17, 15) is 9.59 Å². The molecule has 0 saturated carbocycles. The van der Waals surface area contributed by atoms with Gasteiger partial charge >= 0.3 is 0 Å². The fourth-order valence-corrected chi connectivity index (χ4v) is 6.45. The van der Waals surface area contributed by atoms with Crippen LogP contribution in [0.4, 0.5) is 5.69 Å². The molecule has 1 aliphatic heterocycles. The first kappa shape index (κ1) is 22.6. The van der Waals surface area contributed by atoms with Crippen LogP contribution in [0.15, 0.2) is 23.0 Å². The summed E-state index contributed by atoms with van der Waals surface area (Å²) >= 11 is 7.90. The van der Waals surface area contributed by atoms with Gasteiger partial charge in [-0.05, 0) is 88.7 Å². The molecule has 0 spiro atoms. The Labute approximate surface area is 202 Å². The predicted octanol–water partition coefficient (Wildman–Crippen LogP) is 5.09. The summed E-state index contributed by atoms with van der Waals surface area (Å²) in [4.78, 5) is 36.6. The number of nitrogens with one attached hydrogen (secondary N) is 1. The zero-order valence-electron chi connectivity index (χ0n) is 19.1. The van der Waals surface area contributed by atoms with Crippen LogP contribution in [-0.4, -0.2) is 33.4 Å². The molecular formula is C25H29ClN4O2S. The van der Waals surface area contributed by atoms with E-state index in [4.69, 9.17) is 16.6 Å². The Morgan fingerprint density at radius 3 is 2.76 bits per heavy atom. The van der Waals surface area contributed by atoms with Crippen LogP contribution in [0.2, 0.25) is 5.02 Å². The lowest BCUT2D eigenvalue weighted by Crippen LogP contribution is -2.36. The molecule has 6 nitrogen and oxygen atoms in total. The quantitative estimate of drug-likeness (QED) is 0.547. The first-order valence-corrected chi connectivity index (χ1v) is 13.0. The average molecular weight is 485 g/mol. The van der Waals surface area contributed by atoms with Crippen molar-refractivity contribution in [2.24, 2.45) is 0 Å². The normalized spacial score (nSPS) is 17.3. The summed E-state index contributed by atoms with van der Waals surface area (Å²) in [6.07, 6.45) is 6.50. The number of hydrogen-bond acceptors (Lipinski definition) is 5. The number of nitrogens with zero attached hydrogens (tertiary/aromatic N) is 3. The standard InChI is InChI=1S/C25H29ClN4O2S/c1-15-18(26)9-7-10-19(15)27-23(31)16(2)30-21(14-29-12-5-6-13-29)28-24-22(25(30)32)17-8-3-4-11-20(17)33-24/h7,9-10,16H,3-6,8,11-14H2,1-2H3,(H,27,31). The topological polar surface area (TPSA) is 67.2 Å². The third-order valence-electron chi connectivity index (χ3n) is 6.95. The Balaban J connectivity index is 1.58. The maximum absolute atomic E-state index is 13.9. The maximum Gasteiger partial charge on any atom is 0.263 e. The van der Waals surface area contributed by atoms with Crippen LogP contribution < -0.4 is 10.9 Å². The second-order valence-corrected chi connectivity index (χ2v) is 10.6. The lowest BCUT2D eigenvalue weighted by atomic mass is 9.97. The van der Waals surface area contributed by atoms with Crippen LogP contribution in [0, 0.1) is 6.92 Å². The van der Waals surface area contributed by atoms with Crippen LogP contribution in [0.25, 0.3) is 10.2 Å². The van der Waals surface area contributed by atoms with Crippen molar-refractivity contribution in [2.45, 2.75) is 65.0 Å². The lowest BCUT2D eigenvalue weighted by molar-refractivity contribution is -0.119. The SMILES string of the molecule is Cc1c(Cl)cccc1NC(=O)C(C)n1c(CN2CCCC2)nc2sc3c(c2c1=O)CCCC3. The first-order chi connectivity index (χ1) is 15.9. The molecule has 8 heteroatoms. The number of carbonyl (C=O) groups excluding carboxylic acids is 1. The van der Waals surface area contributed by atoms with Crippen molar-refractivity contribution in [3.63, 3.8) is 0 Å². The molecule has 3 aromatic rings. The van der Waals surface area contributed by atoms with E-state index in [-0.39, 0.29) is 11.5 Å². The molecule has 1 N–H and O–H groups in total. The van der Waals surface area contributed by atoms with Gasteiger partial charge in [-0.1, -0.05) is 17.7 Å². The molecule has 33 heavy (non-hydrogen) atoms. The molecule has 0 bridgehead atoms. The number of halogens is 1. The number of likely N-dealkylation sites (tertiary alicyclic amines) is 1. The predicted molar refractivity (Wildman–Crippen MR) is 135 cm³/mol. The highest BCUT2D eigenvalue weighted by atomic mass is 35.5. The highest BCUT2D eigenvalue weighted by Crippen LogP contribution is 2.34. The molecule has 0 radical (unpaired) electrons. The van der Waals surface area contributed by atoms with Gasteiger partial charge in [0, 0.05) is 15.6 Å². The molecular weight excluding hydrogens is 456 g/mol. The van der Waals surface area contributed by atoms with Gasteiger partial charge < -0.3 is 5.32 Å². The number of amides is 1. The smallest absolute Gasteiger partial charge is 0.263 e. The number of aryl methyl sites for hydroxylation is 2. The van der Waals surface area contributed by atoms with Crippen molar-refractivity contribution in [2.75, 3.05) is 18.4 Å². The molecule has 1 unspecified atom stereocenters. The van der Waals surface area contributed by atoms with Gasteiger partial charge in [-0.15, -0.1) is 11.3 Å². The highest BCUT2D eigenvalue weighted by molar-refractivity contribution is 7.18. The van der Waals surface area contributed by atoms with Crippen molar-refractivity contribution in [3.8, 4) is 0 Å². The van der Waals surface area contributed by atoms with E-state index in [1.165, 1.54) is 4.88 Å². The van der Waals surface area contributed by atoms with Crippen LogP contribution in [0.3, 0.4) is 0 Å². The van der Waals surface area contributed by atoms with Crippen LogP contribution in [-0.2, 0) is 24.2 Å². The molecule has 5 rings (SSSR count). The minimum atomic E-state index is -0.690. The maximum atomic E-state index is 13.9. The third-order valence-corrected chi connectivity index (χ3v) is 8.55. The lowest BCUT2D eigenvalue weighted by Gasteiger charge is -2.22. The van der Waals surface area contributed by atoms with E-state index in [0.29, 0.717) is 23.1 Å². The summed E-state index contributed by atoms with van der Waals surface area (Å²) in [6, 6.07) is 4.75. The van der Waals surface area contributed by atoms with E-state index in [1.54, 1.807) is 28.9 Å². The minimum absolute atomic E-state index is 0.0842. The molecule has 174 valence electrons. The minimum Gasteiger partial charge on any atom is -0.324 e. The van der Waals surface area contributed by atoms with E-state index in [1.807, 2.05) is 19.1 Å². The molecule has 3 heterocycles. The van der Waals surface area contributed by atoms with Crippen LogP contribution in [0.1, 0.15) is 60.5 Å². The van der Waals surface area contributed by atoms with E-state index in [0.717, 1.165) is 73.0 Å². The molecule has 1 saturated heterocycles. The zero-order valence-corrected chi connectivity index (χ0v) is 20.7. The van der Waals surface area contributed by atoms with Gasteiger partial charge in [0.15, 0.2) is 0 Å². The number of carbonyl (C=O) groups is 1. The van der Waals surface area contributed by atoms with Gasteiger partial charge in [0.2, 0.25) is 5.91 Å². The monoisotopic (exact) mass is 484 g/mol. The number of anilines is 1. The Morgan fingerprint density at radius 2 is 1.97 bits per heavy atom. The summed E-state index contributed by atoms with van der Waals surface area (Å²) in [7, 11) is 0. The number of rotatable bonds is 5. The van der Waals surface area contributed by atoms with E-state index >= 15 is 0 Å². The Kier molecular flexibility index (Phi) is 6.29. The van der Waals surface area contributed by atoms with Crippen molar-refractivity contribution in [1.29, 1.82) is 0 Å². The van der Waals surface area contributed by atoms with Crippen LogP contribution in [0.5, 0.6) is 0 Å². The third kappa shape index (κ3) is 4.22. The zero-order chi connectivity index (χ0) is 23.1. The number of thiophene rings is 1. The van der Waals surface area contributed by atoms with Crippen molar-refractivity contribution >= 4 is 44.7 Å². The first-order valence-electron chi connectivity index (χ1n) is 11.8. The largest absolute Gasteiger partial charge is 0.324 e. The number of aromatic nitrogens is 2. The summed E-state index contributed by atoms with van der Waals surface area (Å²) in [5.74, 6) is 0.439. The Hall–Kier alpha value is -2.22. The van der Waals surface area contributed by atoms with Gasteiger partial charge in [-0.3, -0.25) is 19.1 Å². The molecule has 2 aromatic heterocycles. The summed E-state index contributed by atoms with van der Waals surface area (Å²) < 4.78 is 1.64. The van der Waals surface area contributed by atoms with Gasteiger partial charge in [-0.25, -0.2) is 4.98 Å². The highest BCUT2D eigenvalue weighted by Gasteiger charge is 2.28. The van der Waals surface area contributed by atoms with E-state index in [2.05, 4.69) is 10.2 Å². The fraction of sp³-hybridized carbons (Fsp3) is 0.480. The average Bonchev–Trinajstić information content (AvgIpc) is 3.44. The molecule has 1 aromatic carbocycles. The molecule has 1 atom stereocenters. The fourth-order valence-electron chi connectivity index (χ4n) is 5.01. The van der Waals surface area contributed by atoms with Gasteiger partial charge in [0.05, 0.1) is 11.9 Å². The van der Waals surface area contributed by atoms with Gasteiger partial charge in [0.1, 0.15) is 16.7 Å². The molecule has 1 aliphatic carbocycles. The number of hydrogen-bond donors (Lipinski definition) is 1. The summed E-state index contributed by atoms with van der Waals surface area (Å²) in [6.45, 7) is 6.24. The molecule has 2 aliphatic rings. The summed E-state index contributed by atoms with van der Waals surface area (Å²) in [5, 5.41) is 4.30. The van der Waals surface area contributed by atoms with Crippen molar-refractivity contribution in [3.05, 3.63) is 55.4 Å². The molecule has 1 fully saturated rings. The van der Waals surface area contributed by atoms with Gasteiger partial charge in [0.25, 0.3) is 5.56 Å². The second-order valence-electron chi connectivity index (χ2n) is 9.16. The van der Waals surface area contributed by atoms with E-state index < -0.39 is 6.04 Å². The van der Waals surface area contributed by atoms with Crippen molar-refractivity contribution < 1.29 is 4.79 Å². The number of benzene rings is 1. The molecule has 1 amide bonds. The van der Waals surface area contributed by atoms with Crippen molar-refractivity contribution in [1.82, 2.24) is 14.5 Å². The number of fused-ring (bicyclic) bond motifs is 3. The summed E-state index contributed by atoms with van der Waals surface area (Å²) in [5.41, 5.74) is 2.54. The van der Waals surface area contributed by atoms with Crippen LogP contribution >= 0.6 is 22.9 Å².